The van der Waals surface area contributed by atoms with Crippen molar-refractivity contribution in [3.05, 3.63) is 48.6 Å². The first-order valence-electron chi connectivity index (χ1n) is 24.4. The van der Waals surface area contributed by atoms with E-state index in [1.807, 2.05) is 6.08 Å². The molecule has 2 aliphatic rings. The van der Waals surface area contributed by atoms with E-state index in [9.17, 15) is 45.6 Å². The van der Waals surface area contributed by atoms with E-state index < -0.39 is 86.8 Å². The van der Waals surface area contributed by atoms with Gasteiger partial charge in [0.05, 0.1) is 32.0 Å². The summed E-state index contributed by atoms with van der Waals surface area (Å²) < 4.78 is 22.6. The molecule has 0 aromatic rings. The highest BCUT2D eigenvalue weighted by molar-refractivity contribution is 5.76. The average molecular weight is 898 g/mol. The van der Waals surface area contributed by atoms with E-state index in [0.717, 1.165) is 57.8 Å². The van der Waals surface area contributed by atoms with Gasteiger partial charge in [0.15, 0.2) is 12.6 Å². The van der Waals surface area contributed by atoms with Gasteiger partial charge in [0.25, 0.3) is 0 Å². The van der Waals surface area contributed by atoms with Crippen LogP contribution in [0.15, 0.2) is 48.6 Å². The fourth-order valence-corrected chi connectivity index (χ4v) is 7.77. The maximum atomic E-state index is 13.1. The van der Waals surface area contributed by atoms with Crippen molar-refractivity contribution < 1.29 is 64.6 Å². The highest BCUT2D eigenvalue weighted by Crippen LogP contribution is 2.30. The van der Waals surface area contributed by atoms with E-state index in [-0.39, 0.29) is 18.9 Å². The second-order valence-corrected chi connectivity index (χ2v) is 17.2. The minimum atomic E-state index is -1.79. The summed E-state index contributed by atoms with van der Waals surface area (Å²) in [6.45, 7) is 2.63. The Morgan fingerprint density at radius 3 is 1.68 bits per heavy atom. The van der Waals surface area contributed by atoms with Gasteiger partial charge in [0.2, 0.25) is 5.91 Å². The zero-order valence-corrected chi connectivity index (χ0v) is 38.6. The third-order valence-electron chi connectivity index (χ3n) is 11.8. The van der Waals surface area contributed by atoms with Crippen molar-refractivity contribution in [2.24, 2.45) is 0 Å². The summed E-state index contributed by atoms with van der Waals surface area (Å²) in [5.74, 6) is -0.271. The van der Waals surface area contributed by atoms with Crippen molar-refractivity contribution in [2.45, 2.75) is 235 Å². The maximum absolute atomic E-state index is 13.1. The van der Waals surface area contributed by atoms with Crippen LogP contribution in [0.1, 0.15) is 162 Å². The molecule has 9 N–H and O–H groups in total. The minimum absolute atomic E-state index is 0.245. The fourth-order valence-electron chi connectivity index (χ4n) is 7.77. The Morgan fingerprint density at radius 1 is 0.587 bits per heavy atom. The number of aliphatic hydroxyl groups excluding tert-OH is 8. The van der Waals surface area contributed by atoms with Crippen LogP contribution in [0.25, 0.3) is 0 Å². The smallest absolute Gasteiger partial charge is 0.220 e. The molecule has 2 rings (SSSR count). The predicted octanol–water partition coefficient (Wildman–Crippen LogP) is 5.71. The molecule has 14 heteroatoms. The molecule has 366 valence electrons. The molecule has 2 fully saturated rings. The molecular weight excluding hydrogens is 811 g/mol. The summed E-state index contributed by atoms with van der Waals surface area (Å²) in [7, 11) is 0. The van der Waals surface area contributed by atoms with Crippen LogP contribution in [0.4, 0.5) is 0 Å². The molecule has 0 aromatic carbocycles. The van der Waals surface area contributed by atoms with Gasteiger partial charge in [-0.2, -0.15) is 0 Å². The highest BCUT2D eigenvalue weighted by atomic mass is 16.7. The van der Waals surface area contributed by atoms with E-state index in [1.54, 1.807) is 6.08 Å². The van der Waals surface area contributed by atoms with Crippen molar-refractivity contribution in [2.75, 3.05) is 19.8 Å². The molecule has 0 spiro atoms. The molecule has 2 aliphatic heterocycles. The zero-order valence-electron chi connectivity index (χ0n) is 38.6. The standard InChI is InChI=1S/C49H87NO13/c1-3-5-7-9-11-13-15-17-18-19-21-22-24-26-28-30-32-38(53)37(50-41(54)33-31-29-27-25-23-20-16-14-12-10-8-6-4-2)36-60-48-46(59)44(57)47(40(35-52)62-48)63-49-45(58)43(56)42(55)39(34-51)61-49/h6,8,12,14,20,23,30,32,37-40,42-49,51-53,55-59H,3-5,7,9-11,13,15-19,21-22,24-29,31,33-36H2,1-2H3,(H,50,54)/b8-6-,14-12-,23-20-,32-30+. The third-order valence-corrected chi connectivity index (χ3v) is 11.8. The molecule has 14 nitrogen and oxygen atoms in total. The molecule has 12 atom stereocenters. The summed E-state index contributed by atoms with van der Waals surface area (Å²) in [4.78, 5) is 13.1. The number of hydrogen-bond acceptors (Lipinski definition) is 13. The topological polar surface area (TPSA) is 228 Å². The van der Waals surface area contributed by atoms with Gasteiger partial charge in [0.1, 0.15) is 48.8 Å². The van der Waals surface area contributed by atoms with Gasteiger partial charge in [0, 0.05) is 6.42 Å². The lowest BCUT2D eigenvalue weighted by Crippen LogP contribution is -2.65. The van der Waals surface area contributed by atoms with Crippen molar-refractivity contribution in [1.29, 1.82) is 0 Å². The summed E-state index contributed by atoms with van der Waals surface area (Å²) in [5.41, 5.74) is 0. The van der Waals surface area contributed by atoms with Crippen LogP contribution in [0.5, 0.6) is 0 Å². The van der Waals surface area contributed by atoms with Crippen molar-refractivity contribution in [3.8, 4) is 0 Å². The number of allylic oxidation sites excluding steroid dienone is 7. The minimum Gasteiger partial charge on any atom is -0.394 e. The van der Waals surface area contributed by atoms with Gasteiger partial charge in [-0.1, -0.05) is 152 Å². The number of carbonyl (C=O) groups excluding carboxylic acids is 1. The normalized spacial score (nSPS) is 27.9. The van der Waals surface area contributed by atoms with E-state index in [1.165, 1.54) is 77.0 Å². The Bertz CT molecular complexity index is 1250. The van der Waals surface area contributed by atoms with E-state index in [0.29, 0.717) is 6.42 Å². The third kappa shape index (κ3) is 23.8. The van der Waals surface area contributed by atoms with Crippen molar-refractivity contribution in [3.63, 3.8) is 0 Å². The second kappa shape index (κ2) is 36.1. The van der Waals surface area contributed by atoms with Crippen LogP contribution in [0, 0.1) is 0 Å². The number of ether oxygens (including phenoxy) is 4. The Hall–Kier alpha value is -2.05. The van der Waals surface area contributed by atoms with Gasteiger partial charge < -0.3 is 65.1 Å². The molecule has 2 saturated heterocycles. The van der Waals surface area contributed by atoms with Crippen LogP contribution in [-0.4, -0.2) is 140 Å². The molecule has 1 amide bonds. The molecule has 0 bridgehead atoms. The van der Waals surface area contributed by atoms with Crippen LogP contribution in [-0.2, 0) is 23.7 Å². The van der Waals surface area contributed by atoms with Gasteiger partial charge in [-0.3, -0.25) is 4.79 Å². The molecule has 2 heterocycles. The molecule has 63 heavy (non-hydrogen) atoms. The Kier molecular flexibility index (Phi) is 32.7. The van der Waals surface area contributed by atoms with Crippen LogP contribution in [0.3, 0.4) is 0 Å². The highest BCUT2D eigenvalue weighted by Gasteiger charge is 2.51. The summed E-state index contributed by atoms with van der Waals surface area (Å²) >= 11 is 0. The van der Waals surface area contributed by atoms with E-state index >= 15 is 0 Å². The van der Waals surface area contributed by atoms with Crippen molar-refractivity contribution in [1.82, 2.24) is 5.32 Å². The SMILES string of the molecule is CC/C=C\C/C=C\C/C=C\CCCCCC(=O)NC(COC1OC(CO)C(OC2OC(CO)C(O)C(O)C2O)C(O)C1O)C(O)/C=C/CCCCCCCCCCCCCCCC. The lowest BCUT2D eigenvalue weighted by atomic mass is 9.97. The maximum Gasteiger partial charge on any atom is 0.220 e. The molecule has 0 radical (unpaired) electrons. The summed E-state index contributed by atoms with van der Waals surface area (Å²) in [5, 5.41) is 86.6. The first-order valence-corrected chi connectivity index (χ1v) is 24.4. The Balaban J connectivity index is 1.89. The zero-order chi connectivity index (χ0) is 46.1. The number of rotatable bonds is 36. The fraction of sp³-hybridized carbons (Fsp3) is 0.816. The molecular formula is C49H87NO13. The number of aliphatic hydroxyl groups is 8. The first-order chi connectivity index (χ1) is 30.6. The molecule has 0 aromatic heterocycles. The lowest BCUT2D eigenvalue weighted by molar-refractivity contribution is -0.359. The van der Waals surface area contributed by atoms with Crippen molar-refractivity contribution >= 4 is 5.91 Å². The largest absolute Gasteiger partial charge is 0.394 e. The monoisotopic (exact) mass is 898 g/mol. The second-order valence-electron chi connectivity index (χ2n) is 17.2. The lowest BCUT2D eigenvalue weighted by Gasteiger charge is -2.46. The van der Waals surface area contributed by atoms with E-state index in [2.05, 4.69) is 55.6 Å². The number of nitrogens with one attached hydrogen (secondary N) is 1. The average Bonchev–Trinajstić information content (AvgIpc) is 3.28. The van der Waals surface area contributed by atoms with Gasteiger partial charge >= 0.3 is 0 Å². The van der Waals surface area contributed by atoms with Gasteiger partial charge in [-0.05, 0) is 51.4 Å². The van der Waals surface area contributed by atoms with Crippen LogP contribution < -0.4 is 5.32 Å². The predicted molar refractivity (Wildman–Crippen MR) is 244 cm³/mol. The number of hydrogen-bond donors (Lipinski definition) is 9. The van der Waals surface area contributed by atoms with Gasteiger partial charge in [-0.25, -0.2) is 0 Å². The summed E-state index contributed by atoms with van der Waals surface area (Å²) in [6.07, 6.45) is 24.4. The molecule has 0 aliphatic carbocycles. The van der Waals surface area contributed by atoms with Gasteiger partial charge in [-0.15, -0.1) is 0 Å². The van der Waals surface area contributed by atoms with Crippen LogP contribution >= 0.6 is 0 Å². The molecule has 0 saturated carbocycles. The van der Waals surface area contributed by atoms with E-state index in [4.69, 9.17) is 18.9 Å². The Morgan fingerprint density at radius 2 is 1.10 bits per heavy atom. The summed E-state index contributed by atoms with van der Waals surface area (Å²) in [6, 6.07) is -0.929. The van der Waals surface area contributed by atoms with Crippen LogP contribution in [0.2, 0.25) is 0 Å². The number of amides is 1. The Labute approximate surface area is 378 Å². The number of carbonyl (C=O) groups is 1. The number of unbranched alkanes of at least 4 members (excludes halogenated alkanes) is 17. The quantitative estimate of drug-likeness (QED) is 0.0272. The first kappa shape index (κ1) is 57.1. The molecule has 12 unspecified atom stereocenters.